The van der Waals surface area contributed by atoms with Gasteiger partial charge in [-0.25, -0.2) is 4.39 Å². The van der Waals surface area contributed by atoms with E-state index in [2.05, 4.69) is 21.2 Å². The number of benzene rings is 1. The zero-order chi connectivity index (χ0) is 9.92. The number of carbonyl (C=O) groups excluding carboxylic acids is 1. The first-order chi connectivity index (χ1) is 6.63. The van der Waals surface area contributed by atoms with Crippen LogP contribution in [-0.2, 0) is 10.2 Å². The summed E-state index contributed by atoms with van der Waals surface area (Å²) >= 11 is 3.25. The maximum absolute atomic E-state index is 13.2. The van der Waals surface area contributed by atoms with Gasteiger partial charge in [-0.2, -0.15) is 0 Å². The number of halogens is 2. The van der Waals surface area contributed by atoms with Gasteiger partial charge in [-0.3, -0.25) is 4.79 Å². The van der Waals surface area contributed by atoms with Gasteiger partial charge >= 0.3 is 0 Å². The lowest BCUT2D eigenvalue weighted by Gasteiger charge is -2.04. The normalized spacial score (nSPS) is 20.9. The third-order valence-electron chi connectivity index (χ3n) is 2.99. The van der Waals surface area contributed by atoms with Crippen molar-refractivity contribution < 1.29 is 9.18 Å². The van der Waals surface area contributed by atoms with Crippen LogP contribution in [0.1, 0.15) is 18.4 Å². The van der Waals surface area contributed by atoms with Crippen LogP contribution in [0.3, 0.4) is 0 Å². The molecule has 1 aliphatic carbocycles. The quantitative estimate of drug-likeness (QED) is 0.759. The van der Waals surface area contributed by atoms with E-state index in [0.29, 0.717) is 4.47 Å². The number of nitrogens with one attached hydrogen (secondary N) is 1. The number of hydrogen-bond acceptors (Lipinski definition) is 1. The van der Waals surface area contributed by atoms with Crippen molar-refractivity contribution in [1.29, 1.82) is 0 Å². The first kappa shape index (κ1) is 8.41. The molecular weight excluding hydrogens is 249 g/mol. The molecule has 0 bridgehead atoms. The summed E-state index contributed by atoms with van der Waals surface area (Å²) < 4.78 is 13.8. The van der Waals surface area contributed by atoms with Crippen LogP contribution in [-0.4, -0.2) is 5.91 Å². The molecule has 1 spiro atoms. The molecule has 2 nitrogen and oxygen atoms in total. The molecule has 3 rings (SSSR count). The molecule has 0 atom stereocenters. The fourth-order valence-electron chi connectivity index (χ4n) is 2.05. The molecule has 0 saturated heterocycles. The summed E-state index contributed by atoms with van der Waals surface area (Å²) in [6, 6.07) is 2.84. The van der Waals surface area contributed by atoms with Gasteiger partial charge in [0.1, 0.15) is 5.82 Å². The van der Waals surface area contributed by atoms with Crippen LogP contribution in [0.5, 0.6) is 0 Å². The van der Waals surface area contributed by atoms with Crippen LogP contribution in [0.25, 0.3) is 0 Å². The van der Waals surface area contributed by atoms with E-state index in [1.165, 1.54) is 12.1 Å². The van der Waals surface area contributed by atoms with Gasteiger partial charge in [0.15, 0.2) is 0 Å². The summed E-state index contributed by atoms with van der Waals surface area (Å²) in [6.07, 6.45) is 1.67. The first-order valence-electron chi connectivity index (χ1n) is 4.44. The topological polar surface area (TPSA) is 29.1 Å². The van der Waals surface area contributed by atoms with Crippen molar-refractivity contribution >= 4 is 27.5 Å². The van der Waals surface area contributed by atoms with Crippen LogP contribution in [0.15, 0.2) is 16.6 Å². The summed E-state index contributed by atoms with van der Waals surface area (Å²) in [7, 11) is 0. The van der Waals surface area contributed by atoms with Crippen molar-refractivity contribution in [3.63, 3.8) is 0 Å². The van der Waals surface area contributed by atoms with Gasteiger partial charge in [0.25, 0.3) is 0 Å². The molecule has 1 fully saturated rings. The monoisotopic (exact) mass is 255 g/mol. The highest BCUT2D eigenvalue weighted by atomic mass is 79.9. The van der Waals surface area contributed by atoms with Crippen molar-refractivity contribution in [2.45, 2.75) is 18.3 Å². The van der Waals surface area contributed by atoms with Gasteiger partial charge in [0, 0.05) is 4.47 Å². The lowest BCUT2D eigenvalue weighted by Crippen LogP contribution is -2.18. The van der Waals surface area contributed by atoms with E-state index in [9.17, 15) is 9.18 Å². The third-order valence-corrected chi connectivity index (χ3v) is 3.62. The molecule has 1 aromatic rings. The fraction of sp³-hybridized carbons (Fsp3) is 0.300. The van der Waals surface area contributed by atoms with Crippen LogP contribution in [0.4, 0.5) is 10.1 Å². The number of hydrogen-bond donors (Lipinski definition) is 1. The maximum Gasteiger partial charge on any atom is 0.235 e. The zero-order valence-electron chi connectivity index (χ0n) is 7.23. The Morgan fingerprint density at radius 2 is 2.14 bits per heavy atom. The van der Waals surface area contributed by atoms with Crippen molar-refractivity contribution in [3.05, 3.63) is 28.0 Å². The van der Waals surface area contributed by atoms with E-state index < -0.39 is 5.41 Å². The minimum absolute atomic E-state index is 0.0128. The van der Waals surface area contributed by atoms with Gasteiger partial charge in [-0.15, -0.1) is 0 Å². The molecule has 1 amide bonds. The number of anilines is 1. The minimum atomic E-state index is -0.403. The smallest absolute Gasteiger partial charge is 0.235 e. The second-order valence-corrected chi connectivity index (χ2v) is 4.70. The average Bonchev–Trinajstić information content (AvgIpc) is 2.84. The van der Waals surface area contributed by atoms with Crippen molar-refractivity contribution in [1.82, 2.24) is 0 Å². The molecule has 2 aliphatic rings. The highest BCUT2D eigenvalue weighted by molar-refractivity contribution is 9.10. The SMILES string of the molecule is O=C1Nc2c(Br)cc(F)cc2C12CC2. The van der Waals surface area contributed by atoms with Crippen molar-refractivity contribution in [2.24, 2.45) is 0 Å². The highest BCUT2D eigenvalue weighted by Crippen LogP contribution is 2.56. The summed E-state index contributed by atoms with van der Waals surface area (Å²) in [5, 5.41) is 2.79. The average molecular weight is 256 g/mol. The van der Waals surface area contributed by atoms with E-state index in [1.54, 1.807) is 0 Å². The van der Waals surface area contributed by atoms with Crippen LogP contribution in [0, 0.1) is 5.82 Å². The Labute approximate surface area is 88.6 Å². The van der Waals surface area contributed by atoms with Gasteiger partial charge in [0.2, 0.25) is 5.91 Å². The van der Waals surface area contributed by atoms with Crippen molar-refractivity contribution in [2.75, 3.05) is 5.32 Å². The zero-order valence-corrected chi connectivity index (χ0v) is 8.82. The molecule has 0 aromatic heterocycles. The molecule has 1 aliphatic heterocycles. The van der Waals surface area contributed by atoms with Gasteiger partial charge in [-0.05, 0) is 46.5 Å². The highest BCUT2D eigenvalue weighted by Gasteiger charge is 2.56. The van der Waals surface area contributed by atoms with E-state index in [0.717, 1.165) is 24.1 Å². The predicted octanol–water partition coefficient (Wildman–Crippen LogP) is 2.57. The number of amides is 1. The molecule has 1 saturated carbocycles. The summed E-state index contributed by atoms with van der Waals surface area (Å²) in [6.45, 7) is 0. The molecule has 14 heavy (non-hydrogen) atoms. The summed E-state index contributed by atoms with van der Waals surface area (Å²) in [5.41, 5.74) is 1.16. The minimum Gasteiger partial charge on any atom is -0.324 e. The first-order valence-corrected chi connectivity index (χ1v) is 5.24. The maximum atomic E-state index is 13.2. The number of rotatable bonds is 0. The fourth-order valence-corrected chi connectivity index (χ4v) is 2.59. The van der Waals surface area contributed by atoms with Crippen molar-refractivity contribution in [3.8, 4) is 0 Å². The Morgan fingerprint density at radius 1 is 1.43 bits per heavy atom. The molecular formula is C10H7BrFNO. The Bertz CT molecular complexity index is 454. The third kappa shape index (κ3) is 0.869. The second-order valence-electron chi connectivity index (χ2n) is 3.85. The Hall–Kier alpha value is -0.900. The summed E-state index contributed by atoms with van der Waals surface area (Å²) in [4.78, 5) is 11.6. The Kier molecular flexibility index (Phi) is 1.42. The molecule has 0 radical (unpaired) electrons. The predicted molar refractivity (Wildman–Crippen MR) is 53.6 cm³/mol. The molecule has 0 unspecified atom stereocenters. The van der Waals surface area contributed by atoms with E-state index >= 15 is 0 Å². The molecule has 72 valence electrons. The lowest BCUT2D eigenvalue weighted by molar-refractivity contribution is -0.117. The van der Waals surface area contributed by atoms with E-state index in [1.807, 2.05) is 0 Å². The molecule has 4 heteroatoms. The molecule has 1 heterocycles. The molecule has 1 N–H and O–H groups in total. The van der Waals surface area contributed by atoms with Gasteiger partial charge < -0.3 is 5.32 Å². The second kappa shape index (κ2) is 2.37. The Balaban J connectivity index is 2.28. The van der Waals surface area contributed by atoms with Gasteiger partial charge in [0.05, 0.1) is 11.1 Å². The van der Waals surface area contributed by atoms with Crippen LogP contribution < -0.4 is 5.32 Å². The summed E-state index contributed by atoms with van der Waals surface area (Å²) in [5.74, 6) is -0.280. The van der Waals surface area contributed by atoms with Gasteiger partial charge in [-0.1, -0.05) is 0 Å². The number of carbonyl (C=O) groups is 1. The molecule has 1 aromatic carbocycles. The lowest BCUT2D eigenvalue weighted by atomic mass is 9.98. The largest absolute Gasteiger partial charge is 0.324 e. The van der Waals surface area contributed by atoms with E-state index in [-0.39, 0.29) is 11.7 Å². The van der Waals surface area contributed by atoms with Crippen LogP contribution in [0.2, 0.25) is 0 Å². The standard InChI is InChI=1S/C10H7BrFNO/c11-7-4-5(12)3-6-8(7)13-9(14)10(6)1-2-10/h3-4H,1-2H2,(H,13,14). The Morgan fingerprint density at radius 3 is 2.79 bits per heavy atom. The van der Waals surface area contributed by atoms with E-state index in [4.69, 9.17) is 0 Å². The number of fused-ring (bicyclic) bond motifs is 2. The van der Waals surface area contributed by atoms with Crippen LogP contribution >= 0.6 is 15.9 Å².